The van der Waals surface area contributed by atoms with E-state index in [-0.39, 0.29) is 5.41 Å². The second-order valence-corrected chi connectivity index (χ2v) is 5.18. The maximum atomic E-state index is 5.95. The van der Waals surface area contributed by atoms with Crippen LogP contribution in [-0.4, -0.2) is 4.98 Å². The van der Waals surface area contributed by atoms with Crippen molar-refractivity contribution in [3.8, 4) is 0 Å². The minimum Gasteiger partial charge on any atom is -0.383 e. The highest BCUT2D eigenvalue weighted by Gasteiger charge is 2.31. The number of hydrogen-bond acceptors (Lipinski definition) is 2. The van der Waals surface area contributed by atoms with Gasteiger partial charge in [-0.15, -0.1) is 0 Å². The van der Waals surface area contributed by atoms with Crippen LogP contribution in [-0.2, 0) is 5.41 Å². The number of anilines is 1. The first-order valence-electron chi connectivity index (χ1n) is 5.25. The van der Waals surface area contributed by atoms with E-state index in [0.717, 1.165) is 5.82 Å². The number of nitrogens with zero attached hydrogens (tertiary/aromatic N) is 1. The van der Waals surface area contributed by atoms with Crippen LogP contribution in [0.1, 0.15) is 50.7 Å². The van der Waals surface area contributed by atoms with Gasteiger partial charge in [-0.3, -0.25) is 0 Å². The Bertz CT molecular complexity index is 346. The van der Waals surface area contributed by atoms with Crippen molar-refractivity contribution < 1.29 is 0 Å². The molecule has 76 valence electrons. The second kappa shape index (κ2) is 2.97. The van der Waals surface area contributed by atoms with Crippen LogP contribution in [0.3, 0.4) is 0 Å². The predicted molar refractivity (Wildman–Crippen MR) is 59.3 cm³/mol. The molecule has 0 amide bonds. The summed E-state index contributed by atoms with van der Waals surface area (Å²) in [5.74, 6) is 1.41. The van der Waals surface area contributed by atoms with Crippen molar-refractivity contribution in [2.24, 2.45) is 0 Å². The van der Waals surface area contributed by atoms with Crippen LogP contribution >= 0.6 is 0 Å². The molecule has 0 spiro atoms. The van der Waals surface area contributed by atoms with Crippen LogP contribution in [0, 0.1) is 0 Å². The van der Waals surface area contributed by atoms with Crippen LogP contribution < -0.4 is 5.73 Å². The van der Waals surface area contributed by atoms with Crippen molar-refractivity contribution in [3.63, 3.8) is 0 Å². The van der Waals surface area contributed by atoms with E-state index < -0.39 is 0 Å². The molecule has 1 aromatic rings. The molecule has 1 aliphatic carbocycles. The number of aromatic nitrogens is 1. The summed E-state index contributed by atoms with van der Waals surface area (Å²) in [5, 5.41) is 0. The fourth-order valence-corrected chi connectivity index (χ4v) is 1.94. The summed E-state index contributed by atoms with van der Waals surface area (Å²) >= 11 is 0. The minimum absolute atomic E-state index is 0.176. The molecular weight excluding hydrogens is 172 g/mol. The molecule has 14 heavy (non-hydrogen) atoms. The molecule has 2 heteroatoms. The van der Waals surface area contributed by atoms with E-state index in [1.165, 1.54) is 24.0 Å². The van der Waals surface area contributed by atoms with E-state index in [0.29, 0.717) is 5.92 Å². The zero-order chi connectivity index (χ0) is 10.3. The van der Waals surface area contributed by atoms with Crippen LogP contribution in [0.25, 0.3) is 0 Å². The van der Waals surface area contributed by atoms with Crippen LogP contribution in [0.15, 0.2) is 12.3 Å². The number of pyridine rings is 1. The molecule has 0 radical (unpaired) electrons. The maximum absolute atomic E-state index is 5.95. The highest BCUT2D eigenvalue weighted by Crippen LogP contribution is 2.46. The number of nitrogen functional groups attached to an aromatic ring is 1. The van der Waals surface area contributed by atoms with Crippen molar-refractivity contribution >= 4 is 5.82 Å². The van der Waals surface area contributed by atoms with Gasteiger partial charge in [-0.05, 0) is 35.8 Å². The first-order chi connectivity index (χ1) is 6.50. The number of rotatable bonds is 1. The van der Waals surface area contributed by atoms with Gasteiger partial charge in [-0.1, -0.05) is 20.8 Å². The van der Waals surface area contributed by atoms with Gasteiger partial charge in [0.2, 0.25) is 0 Å². The van der Waals surface area contributed by atoms with Gasteiger partial charge in [0.05, 0.1) is 0 Å². The summed E-state index contributed by atoms with van der Waals surface area (Å²) < 4.78 is 0. The Labute approximate surface area is 85.5 Å². The molecule has 0 unspecified atom stereocenters. The molecule has 2 nitrogen and oxygen atoms in total. The lowest BCUT2D eigenvalue weighted by Crippen LogP contribution is -2.15. The van der Waals surface area contributed by atoms with Gasteiger partial charge in [-0.25, -0.2) is 4.98 Å². The SMILES string of the molecule is CC(C)(C)c1ccnc(N)c1C1CC1. The third-order valence-corrected chi connectivity index (χ3v) is 2.81. The molecule has 0 aromatic carbocycles. The molecule has 0 bridgehead atoms. The average molecular weight is 190 g/mol. The molecule has 2 N–H and O–H groups in total. The summed E-state index contributed by atoms with van der Waals surface area (Å²) in [6.45, 7) is 6.69. The van der Waals surface area contributed by atoms with Crippen molar-refractivity contribution in [3.05, 3.63) is 23.4 Å². The molecule has 1 saturated carbocycles. The smallest absolute Gasteiger partial charge is 0.127 e. The van der Waals surface area contributed by atoms with E-state index >= 15 is 0 Å². The molecule has 0 saturated heterocycles. The maximum Gasteiger partial charge on any atom is 0.127 e. The molecule has 1 aromatic heterocycles. The van der Waals surface area contributed by atoms with Gasteiger partial charge < -0.3 is 5.73 Å². The Morgan fingerprint density at radius 3 is 2.50 bits per heavy atom. The highest BCUT2D eigenvalue weighted by molar-refractivity contribution is 5.51. The van der Waals surface area contributed by atoms with E-state index in [4.69, 9.17) is 5.73 Å². The molecule has 1 heterocycles. The molecule has 2 rings (SSSR count). The van der Waals surface area contributed by atoms with E-state index in [1.807, 2.05) is 6.20 Å². The van der Waals surface area contributed by atoms with E-state index in [9.17, 15) is 0 Å². The lowest BCUT2D eigenvalue weighted by molar-refractivity contribution is 0.582. The van der Waals surface area contributed by atoms with E-state index in [2.05, 4.69) is 31.8 Å². The summed E-state index contributed by atoms with van der Waals surface area (Å²) in [4.78, 5) is 4.19. The summed E-state index contributed by atoms with van der Waals surface area (Å²) in [5.41, 5.74) is 8.80. The van der Waals surface area contributed by atoms with E-state index in [1.54, 1.807) is 0 Å². The van der Waals surface area contributed by atoms with Gasteiger partial charge in [0, 0.05) is 11.8 Å². The standard InChI is InChI=1S/C12H18N2/c1-12(2,3)9-6-7-14-11(13)10(9)8-4-5-8/h6-8H,4-5H2,1-3H3,(H2,13,14). The third kappa shape index (κ3) is 1.61. The Hall–Kier alpha value is -1.05. The Kier molecular flexibility index (Phi) is 2.02. The van der Waals surface area contributed by atoms with Crippen LogP contribution in [0.4, 0.5) is 5.82 Å². The monoisotopic (exact) mass is 190 g/mol. The Morgan fingerprint density at radius 1 is 1.36 bits per heavy atom. The quantitative estimate of drug-likeness (QED) is 0.739. The minimum atomic E-state index is 0.176. The lowest BCUT2D eigenvalue weighted by atomic mass is 9.83. The van der Waals surface area contributed by atoms with Gasteiger partial charge in [0.25, 0.3) is 0 Å². The van der Waals surface area contributed by atoms with Crippen molar-refractivity contribution in [1.29, 1.82) is 0 Å². The average Bonchev–Trinajstić information content (AvgIpc) is 2.85. The first kappa shape index (κ1) is 9.50. The van der Waals surface area contributed by atoms with Crippen molar-refractivity contribution in [2.45, 2.75) is 44.9 Å². The first-order valence-corrected chi connectivity index (χ1v) is 5.25. The number of hydrogen-bond donors (Lipinski definition) is 1. The van der Waals surface area contributed by atoms with Gasteiger partial charge >= 0.3 is 0 Å². The normalized spacial score (nSPS) is 17.1. The predicted octanol–water partition coefficient (Wildman–Crippen LogP) is 2.84. The molecule has 1 fully saturated rings. The fourth-order valence-electron chi connectivity index (χ4n) is 1.94. The highest BCUT2D eigenvalue weighted by atomic mass is 14.8. The summed E-state index contributed by atoms with van der Waals surface area (Å²) in [6.07, 6.45) is 4.37. The van der Waals surface area contributed by atoms with Gasteiger partial charge in [0.15, 0.2) is 0 Å². The largest absolute Gasteiger partial charge is 0.383 e. The lowest BCUT2D eigenvalue weighted by Gasteiger charge is -2.23. The van der Waals surface area contributed by atoms with Crippen molar-refractivity contribution in [2.75, 3.05) is 5.73 Å². The molecule has 1 aliphatic rings. The summed E-state index contributed by atoms with van der Waals surface area (Å²) in [6, 6.07) is 2.12. The Balaban J connectivity index is 2.53. The molecular formula is C12H18N2. The number of nitrogens with two attached hydrogens (primary N) is 1. The van der Waals surface area contributed by atoms with Crippen LogP contribution in [0.5, 0.6) is 0 Å². The molecule has 0 aliphatic heterocycles. The summed E-state index contributed by atoms with van der Waals surface area (Å²) in [7, 11) is 0. The fraction of sp³-hybridized carbons (Fsp3) is 0.583. The zero-order valence-corrected chi connectivity index (χ0v) is 9.17. The van der Waals surface area contributed by atoms with Gasteiger partial charge in [0.1, 0.15) is 5.82 Å². The Morgan fingerprint density at radius 2 is 2.00 bits per heavy atom. The second-order valence-electron chi connectivity index (χ2n) is 5.18. The third-order valence-electron chi connectivity index (χ3n) is 2.81. The van der Waals surface area contributed by atoms with Gasteiger partial charge in [-0.2, -0.15) is 0 Å². The molecule has 0 atom stereocenters. The topological polar surface area (TPSA) is 38.9 Å². The van der Waals surface area contributed by atoms with Crippen molar-refractivity contribution in [1.82, 2.24) is 4.98 Å². The zero-order valence-electron chi connectivity index (χ0n) is 9.17. The van der Waals surface area contributed by atoms with Crippen LogP contribution in [0.2, 0.25) is 0 Å².